The van der Waals surface area contributed by atoms with Crippen LogP contribution < -0.4 is 11.1 Å². The van der Waals surface area contributed by atoms with Crippen molar-refractivity contribution >= 4 is 5.91 Å². The number of amides is 1. The van der Waals surface area contributed by atoms with E-state index in [1.807, 2.05) is 0 Å². The average molecular weight is 204 g/mol. The third kappa shape index (κ3) is 11.4. The molecule has 3 N–H and O–H groups in total. The molecule has 84 valence electrons. The zero-order valence-corrected chi connectivity index (χ0v) is 8.75. The third-order valence-electron chi connectivity index (χ3n) is 1.44. The second-order valence-electron chi connectivity index (χ2n) is 2.88. The van der Waals surface area contributed by atoms with Crippen molar-refractivity contribution < 1.29 is 14.3 Å². The molecule has 0 rings (SSSR count). The normalized spacial score (nSPS) is 10.4. The lowest BCUT2D eigenvalue weighted by Crippen LogP contribution is -2.26. The molecule has 0 aromatic carbocycles. The van der Waals surface area contributed by atoms with Gasteiger partial charge in [-0.15, -0.1) is 0 Å². The Morgan fingerprint density at radius 3 is 2.43 bits per heavy atom. The Bertz CT molecular complexity index is 142. The number of nitrogens with two attached hydrogens (primary N) is 1. The van der Waals surface area contributed by atoms with Crippen molar-refractivity contribution in [2.75, 3.05) is 39.5 Å². The van der Waals surface area contributed by atoms with E-state index in [0.717, 1.165) is 19.6 Å². The first-order valence-corrected chi connectivity index (χ1v) is 4.92. The van der Waals surface area contributed by atoms with Gasteiger partial charge in [-0.25, -0.2) is 0 Å². The molecule has 0 aliphatic heterocycles. The summed E-state index contributed by atoms with van der Waals surface area (Å²) in [5, 5.41) is 3.12. The number of nitrogens with one attached hydrogen (secondary N) is 1. The van der Waals surface area contributed by atoms with Gasteiger partial charge in [0.05, 0.1) is 13.2 Å². The first kappa shape index (κ1) is 13.4. The zero-order chi connectivity index (χ0) is 10.6. The van der Waals surface area contributed by atoms with Gasteiger partial charge in [-0.05, 0) is 6.42 Å². The largest absolute Gasteiger partial charge is 0.380 e. The summed E-state index contributed by atoms with van der Waals surface area (Å²) in [6, 6.07) is 0. The molecule has 0 aliphatic carbocycles. The first-order valence-electron chi connectivity index (χ1n) is 4.92. The molecular weight excluding hydrogens is 184 g/mol. The van der Waals surface area contributed by atoms with Crippen LogP contribution in [0.3, 0.4) is 0 Å². The fraction of sp³-hybridized carbons (Fsp3) is 0.889. The molecule has 0 aromatic heterocycles. The van der Waals surface area contributed by atoms with Gasteiger partial charge in [0.15, 0.2) is 0 Å². The molecule has 1 amide bonds. The summed E-state index contributed by atoms with van der Waals surface area (Å²) >= 11 is 0. The monoisotopic (exact) mass is 204 g/mol. The summed E-state index contributed by atoms with van der Waals surface area (Å²) in [5.41, 5.74) is 4.88. The highest BCUT2D eigenvalue weighted by atomic mass is 16.5. The van der Waals surface area contributed by atoms with Crippen molar-refractivity contribution in [3.05, 3.63) is 0 Å². The van der Waals surface area contributed by atoms with Gasteiger partial charge in [-0.2, -0.15) is 0 Å². The van der Waals surface area contributed by atoms with E-state index in [1.165, 1.54) is 0 Å². The Labute approximate surface area is 84.9 Å². The maximum absolute atomic E-state index is 10.3. The van der Waals surface area contributed by atoms with Gasteiger partial charge in [0.1, 0.15) is 6.61 Å². The number of primary amides is 1. The van der Waals surface area contributed by atoms with E-state index in [1.54, 1.807) is 0 Å². The van der Waals surface area contributed by atoms with Gasteiger partial charge >= 0.3 is 0 Å². The summed E-state index contributed by atoms with van der Waals surface area (Å²) in [7, 11) is 0. The van der Waals surface area contributed by atoms with Crippen molar-refractivity contribution in [1.29, 1.82) is 0 Å². The fourth-order valence-corrected chi connectivity index (χ4v) is 0.833. The van der Waals surface area contributed by atoms with Gasteiger partial charge in [0.2, 0.25) is 5.91 Å². The van der Waals surface area contributed by atoms with E-state index < -0.39 is 5.91 Å². The molecule has 0 bridgehead atoms. The van der Waals surface area contributed by atoms with Crippen molar-refractivity contribution in [2.45, 2.75) is 13.3 Å². The average Bonchev–Trinajstić information content (AvgIpc) is 2.15. The number of carbonyl (C=O) groups excluding carboxylic acids is 1. The zero-order valence-electron chi connectivity index (χ0n) is 8.75. The fourth-order valence-electron chi connectivity index (χ4n) is 0.833. The lowest BCUT2D eigenvalue weighted by Gasteiger charge is -2.05. The van der Waals surface area contributed by atoms with Crippen molar-refractivity contribution in [3.8, 4) is 0 Å². The topological polar surface area (TPSA) is 73.6 Å². The van der Waals surface area contributed by atoms with E-state index in [-0.39, 0.29) is 6.61 Å². The van der Waals surface area contributed by atoms with Crippen molar-refractivity contribution in [2.24, 2.45) is 5.73 Å². The Morgan fingerprint density at radius 1 is 1.21 bits per heavy atom. The quantitative estimate of drug-likeness (QED) is 0.471. The minimum atomic E-state index is -0.434. The van der Waals surface area contributed by atoms with E-state index in [9.17, 15) is 4.79 Å². The molecular formula is C9H20N2O3. The summed E-state index contributed by atoms with van der Waals surface area (Å²) in [6.07, 6.45) is 1.04. The van der Waals surface area contributed by atoms with Gasteiger partial charge in [-0.1, -0.05) is 6.92 Å². The van der Waals surface area contributed by atoms with Crippen LogP contribution in [0.25, 0.3) is 0 Å². The van der Waals surface area contributed by atoms with Crippen LogP contribution in [0.4, 0.5) is 0 Å². The first-order chi connectivity index (χ1) is 6.77. The lowest BCUT2D eigenvalue weighted by atomic mass is 10.5. The molecule has 0 aromatic rings. The molecule has 0 unspecified atom stereocenters. The molecule has 0 aliphatic rings. The minimum absolute atomic E-state index is 0.00594. The van der Waals surface area contributed by atoms with E-state index in [2.05, 4.69) is 12.2 Å². The van der Waals surface area contributed by atoms with E-state index in [4.69, 9.17) is 15.2 Å². The SMILES string of the molecule is CCCOCCNCCOCC(N)=O. The molecule has 0 heterocycles. The molecule has 0 radical (unpaired) electrons. The Kier molecular flexibility index (Phi) is 9.95. The predicted octanol–water partition coefficient (Wildman–Crippen LogP) is -0.495. The Morgan fingerprint density at radius 2 is 1.86 bits per heavy atom. The second-order valence-corrected chi connectivity index (χ2v) is 2.88. The third-order valence-corrected chi connectivity index (χ3v) is 1.44. The molecule has 0 saturated carbocycles. The minimum Gasteiger partial charge on any atom is -0.380 e. The molecule has 0 fully saturated rings. The number of hydrogen-bond acceptors (Lipinski definition) is 4. The number of rotatable bonds is 10. The summed E-state index contributed by atoms with van der Waals surface area (Å²) in [4.78, 5) is 10.3. The summed E-state index contributed by atoms with van der Waals surface area (Å²) < 4.78 is 10.2. The van der Waals surface area contributed by atoms with E-state index >= 15 is 0 Å². The maximum atomic E-state index is 10.3. The predicted molar refractivity (Wildman–Crippen MR) is 54.0 cm³/mol. The summed E-state index contributed by atoms with van der Waals surface area (Å²) in [6.45, 7) is 5.60. The molecule has 5 nitrogen and oxygen atoms in total. The molecule has 0 spiro atoms. The van der Waals surface area contributed by atoms with Crippen molar-refractivity contribution in [3.63, 3.8) is 0 Å². The smallest absolute Gasteiger partial charge is 0.243 e. The molecule has 0 saturated heterocycles. The Hall–Kier alpha value is -0.650. The number of hydrogen-bond donors (Lipinski definition) is 2. The highest BCUT2D eigenvalue weighted by molar-refractivity contribution is 5.74. The molecule has 0 atom stereocenters. The highest BCUT2D eigenvalue weighted by Crippen LogP contribution is 1.78. The maximum Gasteiger partial charge on any atom is 0.243 e. The van der Waals surface area contributed by atoms with Gasteiger partial charge in [-0.3, -0.25) is 4.79 Å². The summed E-state index contributed by atoms with van der Waals surface area (Å²) in [5.74, 6) is -0.434. The van der Waals surface area contributed by atoms with Crippen LogP contribution in [-0.4, -0.2) is 45.4 Å². The van der Waals surface area contributed by atoms with Crippen LogP contribution in [-0.2, 0) is 14.3 Å². The van der Waals surface area contributed by atoms with E-state index in [0.29, 0.717) is 19.8 Å². The lowest BCUT2D eigenvalue weighted by molar-refractivity contribution is -0.122. The van der Waals surface area contributed by atoms with Crippen LogP contribution in [0.2, 0.25) is 0 Å². The van der Waals surface area contributed by atoms with Crippen LogP contribution >= 0.6 is 0 Å². The standard InChI is InChI=1S/C9H20N2O3/c1-2-5-13-6-3-11-4-7-14-8-9(10)12/h11H,2-8H2,1H3,(H2,10,12). The van der Waals surface area contributed by atoms with Gasteiger partial charge in [0, 0.05) is 19.7 Å². The van der Waals surface area contributed by atoms with Crippen LogP contribution in [0, 0.1) is 0 Å². The van der Waals surface area contributed by atoms with Gasteiger partial charge in [0.25, 0.3) is 0 Å². The van der Waals surface area contributed by atoms with Gasteiger partial charge < -0.3 is 20.5 Å². The highest BCUT2D eigenvalue weighted by Gasteiger charge is 1.93. The van der Waals surface area contributed by atoms with Crippen LogP contribution in [0.5, 0.6) is 0 Å². The number of carbonyl (C=O) groups is 1. The molecule has 14 heavy (non-hydrogen) atoms. The van der Waals surface area contributed by atoms with Crippen molar-refractivity contribution in [1.82, 2.24) is 5.32 Å². The second kappa shape index (κ2) is 10.4. The molecule has 5 heteroatoms. The Balaban J connectivity index is 2.88. The number of ether oxygens (including phenoxy) is 2. The van der Waals surface area contributed by atoms with Crippen LogP contribution in [0.1, 0.15) is 13.3 Å². The van der Waals surface area contributed by atoms with Crippen LogP contribution in [0.15, 0.2) is 0 Å².